The van der Waals surface area contributed by atoms with Gasteiger partial charge in [-0.2, -0.15) is 0 Å². The summed E-state index contributed by atoms with van der Waals surface area (Å²) in [6.07, 6.45) is 0. The third-order valence-electron chi connectivity index (χ3n) is 2.01. The first-order valence-electron chi connectivity index (χ1n) is 4.15. The number of methoxy groups -OCH3 is 1. The van der Waals surface area contributed by atoms with E-state index in [0.29, 0.717) is 0 Å². The van der Waals surface area contributed by atoms with E-state index < -0.39 is 12.0 Å². The summed E-state index contributed by atoms with van der Waals surface area (Å²) in [5.74, 6) is -0.430. The van der Waals surface area contributed by atoms with Crippen LogP contribution in [0.15, 0.2) is 22.7 Å². The lowest BCUT2D eigenvalue weighted by atomic mass is 10.1. The summed E-state index contributed by atoms with van der Waals surface area (Å²) < 4.78 is 5.50. The molecule has 1 rings (SSSR count). The topological polar surface area (TPSA) is 52.3 Å². The molecule has 76 valence electrons. The van der Waals surface area contributed by atoms with Crippen molar-refractivity contribution in [2.24, 2.45) is 5.73 Å². The van der Waals surface area contributed by atoms with E-state index >= 15 is 0 Å². The van der Waals surface area contributed by atoms with Crippen molar-refractivity contribution in [3.05, 3.63) is 33.8 Å². The molecular weight excluding hydrogens is 246 g/mol. The third-order valence-corrected chi connectivity index (χ3v) is 2.86. The van der Waals surface area contributed by atoms with Gasteiger partial charge in [-0.15, -0.1) is 0 Å². The van der Waals surface area contributed by atoms with Crippen LogP contribution >= 0.6 is 15.9 Å². The molecule has 0 fully saturated rings. The molecule has 1 atom stereocenters. The van der Waals surface area contributed by atoms with Crippen LogP contribution in [-0.4, -0.2) is 13.1 Å². The Morgan fingerprint density at radius 2 is 2.21 bits per heavy atom. The van der Waals surface area contributed by atoms with E-state index in [4.69, 9.17) is 5.73 Å². The van der Waals surface area contributed by atoms with Gasteiger partial charge in [-0.3, -0.25) is 4.79 Å². The van der Waals surface area contributed by atoms with Crippen molar-refractivity contribution in [3.63, 3.8) is 0 Å². The Labute approximate surface area is 91.4 Å². The molecule has 0 aliphatic carbocycles. The van der Waals surface area contributed by atoms with Crippen molar-refractivity contribution < 1.29 is 9.53 Å². The maximum absolute atomic E-state index is 11.1. The molecule has 2 N–H and O–H groups in total. The first-order chi connectivity index (χ1) is 6.56. The van der Waals surface area contributed by atoms with Crippen LogP contribution in [-0.2, 0) is 9.53 Å². The zero-order valence-electron chi connectivity index (χ0n) is 8.08. The summed E-state index contributed by atoms with van der Waals surface area (Å²) in [4.78, 5) is 11.1. The Bertz CT molecular complexity index is 352. The van der Waals surface area contributed by atoms with E-state index in [2.05, 4.69) is 20.7 Å². The van der Waals surface area contributed by atoms with Crippen LogP contribution in [0.5, 0.6) is 0 Å². The SMILES string of the molecule is COC(=O)[C@H](N)c1ccc(C)c(Br)c1. The molecule has 0 unspecified atom stereocenters. The van der Waals surface area contributed by atoms with E-state index in [1.165, 1.54) is 7.11 Å². The van der Waals surface area contributed by atoms with Crippen LogP contribution in [0.1, 0.15) is 17.2 Å². The zero-order chi connectivity index (χ0) is 10.7. The van der Waals surface area contributed by atoms with E-state index in [1.54, 1.807) is 0 Å². The Hall–Kier alpha value is -0.870. The van der Waals surface area contributed by atoms with Gasteiger partial charge in [0, 0.05) is 4.47 Å². The van der Waals surface area contributed by atoms with Crippen molar-refractivity contribution in [1.82, 2.24) is 0 Å². The standard InChI is InChI=1S/C10H12BrNO2/c1-6-3-4-7(5-8(6)11)9(12)10(13)14-2/h3-5,9H,12H2,1-2H3/t9-/m1/s1. The maximum Gasteiger partial charge on any atom is 0.327 e. The number of aryl methyl sites for hydroxylation is 1. The second kappa shape index (κ2) is 4.57. The minimum Gasteiger partial charge on any atom is -0.468 e. The fourth-order valence-corrected chi connectivity index (χ4v) is 1.46. The molecule has 1 aromatic rings. The number of benzene rings is 1. The lowest BCUT2D eigenvalue weighted by Crippen LogP contribution is -2.22. The second-order valence-corrected chi connectivity index (χ2v) is 3.86. The first kappa shape index (κ1) is 11.2. The quantitative estimate of drug-likeness (QED) is 0.824. The Kier molecular flexibility index (Phi) is 3.66. The van der Waals surface area contributed by atoms with Gasteiger partial charge in [0.25, 0.3) is 0 Å². The van der Waals surface area contributed by atoms with Gasteiger partial charge in [0.1, 0.15) is 6.04 Å². The average molecular weight is 258 g/mol. The second-order valence-electron chi connectivity index (χ2n) is 3.01. The fraction of sp³-hybridized carbons (Fsp3) is 0.300. The number of halogens is 1. The van der Waals surface area contributed by atoms with Gasteiger partial charge in [-0.25, -0.2) is 0 Å². The molecule has 0 aliphatic heterocycles. The van der Waals surface area contributed by atoms with Gasteiger partial charge in [-0.05, 0) is 24.1 Å². The minimum atomic E-state index is -0.711. The lowest BCUT2D eigenvalue weighted by Gasteiger charge is -2.10. The molecule has 0 radical (unpaired) electrons. The summed E-state index contributed by atoms with van der Waals surface area (Å²) in [7, 11) is 1.32. The van der Waals surface area contributed by atoms with Crippen LogP contribution in [0, 0.1) is 6.92 Å². The normalized spacial score (nSPS) is 12.3. The molecular formula is C10H12BrNO2. The van der Waals surface area contributed by atoms with Crippen LogP contribution in [0.4, 0.5) is 0 Å². The smallest absolute Gasteiger partial charge is 0.327 e. The van der Waals surface area contributed by atoms with Gasteiger partial charge in [0.2, 0.25) is 0 Å². The van der Waals surface area contributed by atoms with Crippen LogP contribution in [0.2, 0.25) is 0 Å². The lowest BCUT2D eigenvalue weighted by molar-refractivity contribution is -0.142. The molecule has 0 saturated carbocycles. The number of nitrogens with two attached hydrogens (primary N) is 1. The fourth-order valence-electron chi connectivity index (χ4n) is 1.07. The summed E-state index contributed by atoms with van der Waals surface area (Å²) in [5.41, 5.74) is 7.52. The first-order valence-corrected chi connectivity index (χ1v) is 4.95. The summed E-state index contributed by atoms with van der Waals surface area (Å²) >= 11 is 3.38. The molecule has 0 saturated heterocycles. The molecule has 0 aliphatic rings. The highest BCUT2D eigenvalue weighted by molar-refractivity contribution is 9.10. The van der Waals surface area contributed by atoms with Crippen molar-refractivity contribution in [1.29, 1.82) is 0 Å². The van der Waals surface area contributed by atoms with Crippen molar-refractivity contribution in [2.75, 3.05) is 7.11 Å². The predicted octanol–water partition coefficient (Wildman–Crippen LogP) is 1.93. The highest BCUT2D eigenvalue weighted by Crippen LogP contribution is 2.21. The molecule has 4 heteroatoms. The number of carbonyl (C=O) groups is 1. The van der Waals surface area contributed by atoms with Crippen molar-refractivity contribution in [3.8, 4) is 0 Å². The minimum absolute atomic E-state index is 0.430. The largest absolute Gasteiger partial charge is 0.468 e. The summed E-state index contributed by atoms with van der Waals surface area (Å²) in [6.45, 7) is 1.97. The molecule has 3 nitrogen and oxygen atoms in total. The molecule has 14 heavy (non-hydrogen) atoms. The number of hydrogen-bond acceptors (Lipinski definition) is 3. The van der Waals surface area contributed by atoms with Gasteiger partial charge in [-0.1, -0.05) is 28.1 Å². The van der Waals surface area contributed by atoms with Crippen LogP contribution < -0.4 is 5.73 Å². The van der Waals surface area contributed by atoms with Gasteiger partial charge in [0.15, 0.2) is 0 Å². The third kappa shape index (κ3) is 2.33. The predicted molar refractivity (Wildman–Crippen MR) is 57.8 cm³/mol. The number of ether oxygens (including phenoxy) is 1. The highest BCUT2D eigenvalue weighted by atomic mass is 79.9. The molecule has 0 heterocycles. The van der Waals surface area contributed by atoms with E-state index in [0.717, 1.165) is 15.6 Å². The molecule has 0 spiro atoms. The van der Waals surface area contributed by atoms with Crippen molar-refractivity contribution >= 4 is 21.9 Å². The molecule has 0 amide bonds. The number of hydrogen-bond donors (Lipinski definition) is 1. The number of rotatable bonds is 2. The highest BCUT2D eigenvalue weighted by Gasteiger charge is 2.16. The average Bonchev–Trinajstić information content (AvgIpc) is 2.20. The molecule has 0 bridgehead atoms. The van der Waals surface area contributed by atoms with Crippen LogP contribution in [0.3, 0.4) is 0 Å². The number of carbonyl (C=O) groups excluding carboxylic acids is 1. The zero-order valence-corrected chi connectivity index (χ0v) is 9.67. The Morgan fingerprint density at radius 3 is 2.71 bits per heavy atom. The van der Waals surface area contributed by atoms with E-state index in [-0.39, 0.29) is 0 Å². The van der Waals surface area contributed by atoms with Crippen molar-refractivity contribution in [2.45, 2.75) is 13.0 Å². The maximum atomic E-state index is 11.1. The molecule has 0 aromatic heterocycles. The summed E-state index contributed by atoms with van der Waals surface area (Å²) in [5, 5.41) is 0. The van der Waals surface area contributed by atoms with Gasteiger partial charge in [0.05, 0.1) is 7.11 Å². The van der Waals surface area contributed by atoms with Gasteiger partial charge >= 0.3 is 5.97 Å². The molecule has 1 aromatic carbocycles. The van der Waals surface area contributed by atoms with E-state index in [9.17, 15) is 4.79 Å². The van der Waals surface area contributed by atoms with E-state index in [1.807, 2.05) is 25.1 Å². The van der Waals surface area contributed by atoms with Crippen LogP contribution in [0.25, 0.3) is 0 Å². The summed E-state index contributed by atoms with van der Waals surface area (Å²) in [6, 6.07) is 4.85. The monoisotopic (exact) mass is 257 g/mol. The number of esters is 1. The Morgan fingerprint density at radius 1 is 1.57 bits per heavy atom. The Balaban J connectivity index is 2.96. The van der Waals surface area contributed by atoms with Gasteiger partial charge < -0.3 is 10.5 Å².